The zero-order valence-electron chi connectivity index (χ0n) is 19.8. The summed E-state index contributed by atoms with van der Waals surface area (Å²) < 4.78 is 2.01. The number of benzene rings is 2. The monoisotopic (exact) mass is 465 g/mol. The summed E-state index contributed by atoms with van der Waals surface area (Å²) in [6.45, 7) is 10.8. The zero-order chi connectivity index (χ0) is 24.0. The number of imide groups is 1. The maximum absolute atomic E-state index is 12.2. The number of aromatic nitrogens is 3. The van der Waals surface area contributed by atoms with Crippen LogP contribution in [0.3, 0.4) is 0 Å². The van der Waals surface area contributed by atoms with Gasteiger partial charge in [-0.3, -0.25) is 14.7 Å². The number of thioether (sulfide) groups is 1. The molecule has 1 aromatic heterocycles. The van der Waals surface area contributed by atoms with E-state index in [0.29, 0.717) is 11.7 Å². The summed E-state index contributed by atoms with van der Waals surface area (Å²) >= 11 is 1.26. The summed E-state index contributed by atoms with van der Waals surface area (Å²) in [6, 6.07) is 17.9. The van der Waals surface area contributed by atoms with Crippen LogP contribution < -0.4 is 10.6 Å². The molecule has 7 nitrogen and oxygen atoms in total. The maximum Gasteiger partial charge on any atom is 0.321 e. The minimum Gasteiger partial charge on any atom is -0.336 e. The number of hydrogen-bond acceptors (Lipinski definition) is 5. The lowest BCUT2D eigenvalue weighted by molar-refractivity contribution is -0.117. The van der Waals surface area contributed by atoms with Crippen LogP contribution in [0, 0.1) is 0 Å². The van der Waals surface area contributed by atoms with Gasteiger partial charge in [-0.25, -0.2) is 4.79 Å². The molecule has 0 aliphatic carbocycles. The summed E-state index contributed by atoms with van der Waals surface area (Å²) in [6.07, 6.45) is 0. The topological polar surface area (TPSA) is 88.9 Å². The van der Waals surface area contributed by atoms with Gasteiger partial charge < -0.3 is 5.32 Å². The van der Waals surface area contributed by atoms with Crippen LogP contribution in [0.2, 0.25) is 0 Å². The van der Waals surface area contributed by atoms with E-state index >= 15 is 0 Å². The summed E-state index contributed by atoms with van der Waals surface area (Å²) in [5.74, 6) is 0.407. The van der Waals surface area contributed by atoms with E-state index in [-0.39, 0.29) is 23.1 Å². The molecule has 174 valence electrons. The number of urea groups is 1. The van der Waals surface area contributed by atoms with Gasteiger partial charge in [0.2, 0.25) is 5.91 Å². The van der Waals surface area contributed by atoms with Crippen molar-refractivity contribution < 1.29 is 9.59 Å². The van der Waals surface area contributed by atoms with Crippen LogP contribution >= 0.6 is 11.8 Å². The van der Waals surface area contributed by atoms with E-state index in [4.69, 9.17) is 0 Å². The molecule has 0 fully saturated rings. The van der Waals surface area contributed by atoms with Crippen LogP contribution in [-0.4, -0.2) is 38.5 Å². The molecule has 0 aliphatic rings. The van der Waals surface area contributed by atoms with Crippen molar-refractivity contribution in [2.24, 2.45) is 0 Å². The van der Waals surface area contributed by atoms with Crippen molar-refractivity contribution in [2.75, 3.05) is 5.75 Å². The lowest BCUT2D eigenvalue weighted by atomic mass is 9.87. The molecule has 2 aromatic carbocycles. The predicted octanol–water partition coefficient (Wildman–Crippen LogP) is 4.62. The number of amides is 3. The SMILES string of the molecule is CC(C)NC(=O)NC(=O)CSc1nnc(-c2ccc(C(C)(C)C)cc2)n1Cc1ccccc1. The normalized spacial score (nSPS) is 11.5. The lowest BCUT2D eigenvalue weighted by Crippen LogP contribution is -2.43. The molecule has 2 N–H and O–H groups in total. The first-order valence-corrected chi connectivity index (χ1v) is 11.9. The minimum absolute atomic E-state index is 0.0494. The first kappa shape index (κ1) is 24.5. The third kappa shape index (κ3) is 6.92. The molecule has 0 radical (unpaired) electrons. The fourth-order valence-corrected chi connectivity index (χ4v) is 3.97. The van der Waals surface area contributed by atoms with Crippen LogP contribution in [0.4, 0.5) is 4.79 Å². The van der Waals surface area contributed by atoms with Gasteiger partial charge in [0.15, 0.2) is 11.0 Å². The molecular formula is C25H31N5O2S. The molecule has 3 amide bonds. The largest absolute Gasteiger partial charge is 0.336 e. The number of rotatable bonds is 7. The van der Waals surface area contributed by atoms with Crippen molar-refractivity contribution >= 4 is 23.7 Å². The Morgan fingerprint density at radius 1 is 1.00 bits per heavy atom. The highest BCUT2D eigenvalue weighted by molar-refractivity contribution is 7.99. The summed E-state index contributed by atoms with van der Waals surface area (Å²) in [5, 5.41) is 14.4. The summed E-state index contributed by atoms with van der Waals surface area (Å²) in [7, 11) is 0. The number of carbonyl (C=O) groups excluding carboxylic acids is 2. The number of nitrogens with one attached hydrogen (secondary N) is 2. The molecule has 0 unspecified atom stereocenters. The third-order valence-electron chi connectivity index (χ3n) is 4.91. The molecular weight excluding hydrogens is 434 g/mol. The highest BCUT2D eigenvalue weighted by atomic mass is 32.2. The van der Waals surface area contributed by atoms with E-state index in [1.807, 2.05) is 48.7 Å². The first-order chi connectivity index (χ1) is 15.6. The van der Waals surface area contributed by atoms with Crippen LogP contribution in [0.15, 0.2) is 59.8 Å². The molecule has 1 heterocycles. The first-order valence-electron chi connectivity index (χ1n) is 10.9. The van der Waals surface area contributed by atoms with Gasteiger partial charge in [-0.2, -0.15) is 0 Å². The summed E-state index contributed by atoms with van der Waals surface area (Å²) in [5.41, 5.74) is 3.37. The van der Waals surface area contributed by atoms with E-state index in [1.54, 1.807) is 0 Å². The van der Waals surface area contributed by atoms with Crippen molar-refractivity contribution in [3.8, 4) is 11.4 Å². The van der Waals surface area contributed by atoms with Gasteiger partial charge in [-0.1, -0.05) is 87.1 Å². The number of nitrogens with zero attached hydrogens (tertiary/aromatic N) is 3. The van der Waals surface area contributed by atoms with Gasteiger partial charge in [-0.05, 0) is 30.4 Å². The van der Waals surface area contributed by atoms with Crippen molar-refractivity contribution in [3.05, 3.63) is 65.7 Å². The highest BCUT2D eigenvalue weighted by Crippen LogP contribution is 2.28. The number of hydrogen-bond donors (Lipinski definition) is 2. The molecule has 3 aromatic rings. The Morgan fingerprint density at radius 2 is 1.67 bits per heavy atom. The third-order valence-corrected chi connectivity index (χ3v) is 5.88. The Labute approximate surface area is 199 Å². The molecule has 0 spiro atoms. The molecule has 3 rings (SSSR count). The Bertz CT molecular complexity index is 1090. The number of carbonyl (C=O) groups is 2. The van der Waals surface area contributed by atoms with E-state index in [9.17, 15) is 9.59 Å². The molecule has 33 heavy (non-hydrogen) atoms. The average molecular weight is 466 g/mol. The second-order valence-corrected chi connectivity index (χ2v) is 10.1. The predicted molar refractivity (Wildman–Crippen MR) is 132 cm³/mol. The van der Waals surface area contributed by atoms with Crippen molar-refractivity contribution in [1.29, 1.82) is 0 Å². The Hall–Kier alpha value is -3.13. The smallest absolute Gasteiger partial charge is 0.321 e. The van der Waals surface area contributed by atoms with E-state index in [0.717, 1.165) is 17.0 Å². The van der Waals surface area contributed by atoms with Crippen molar-refractivity contribution in [1.82, 2.24) is 25.4 Å². The minimum atomic E-state index is -0.499. The Morgan fingerprint density at radius 3 is 2.27 bits per heavy atom. The lowest BCUT2D eigenvalue weighted by Gasteiger charge is -2.19. The van der Waals surface area contributed by atoms with Gasteiger partial charge in [-0.15, -0.1) is 10.2 Å². The fraction of sp³-hybridized carbons (Fsp3) is 0.360. The molecule has 8 heteroatoms. The van der Waals surface area contributed by atoms with Gasteiger partial charge in [0.05, 0.1) is 12.3 Å². The van der Waals surface area contributed by atoms with Gasteiger partial charge >= 0.3 is 6.03 Å². The molecule has 0 bridgehead atoms. The standard InChI is InChI=1S/C25H31N5O2S/c1-17(2)26-23(32)27-21(31)16-33-24-29-28-22(30(24)15-18-9-7-6-8-10-18)19-11-13-20(14-12-19)25(3,4)5/h6-14,17H,15-16H2,1-5H3,(H2,26,27,31,32). The van der Waals surface area contributed by atoms with Gasteiger partial charge in [0.1, 0.15) is 0 Å². The Balaban J connectivity index is 1.83. The Kier molecular flexibility index (Phi) is 7.92. The molecule has 0 saturated carbocycles. The zero-order valence-corrected chi connectivity index (χ0v) is 20.6. The fourth-order valence-electron chi connectivity index (χ4n) is 3.23. The van der Waals surface area contributed by atoms with Crippen molar-refractivity contribution in [3.63, 3.8) is 0 Å². The summed E-state index contributed by atoms with van der Waals surface area (Å²) in [4.78, 5) is 24.0. The van der Waals surface area contributed by atoms with E-state index < -0.39 is 6.03 Å². The average Bonchev–Trinajstić information content (AvgIpc) is 3.14. The van der Waals surface area contributed by atoms with Crippen LogP contribution in [-0.2, 0) is 16.8 Å². The maximum atomic E-state index is 12.2. The molecule has 0 atom stereocenters. The van der Waals surface area contributed by atoms with Gasteiger partial charge in [0, 0.05) is 11.6 Å². The quantitative estimate of drug-likeness (QED) is 0.497. The van der Waals surface area contributed by atoms with E-state index in [1.165, 1.54) is 17.3 Å². The van der Waals surface area contributed by atoms with Gasteiger partial charge in [0.25, 0.3) is 0 Å². The highest BCUT2D eigenvalue weighted by Gasteiger charge is 2.19. The van der Waals surface area contributed by atoms with Crippen LogP contribution in [0.1, 0.15) is 45.7 Å². The van der Waals surface area contributed by atoms with Crippen molar-refractivity contribution in [2.45, 2.75) is 57.8 Å². The second kappa shape index (κ2) is 10.7. The van der Waals surface area contributed by atoms with Crippen LogP contribution in [0.25, 0.3) is 11.4 Å². The molecule has 0 saturated heterocycles. The molecule has 0 aliphatic heterocycles. The van der Waals surface area contributed by atoms with E-state index in [2.05, 4.69) is 65.9 Å². The van der Waals surface area contributed by atoms with Crippen LogP contribution in [0.5, 0.6) is 0 Å². The second-order valence-electron chi connectivity index (χ2n) is 9.17.